The Kier molecular flexibility index (Phi) is 4.36. The number of hydrogen-bond acceptors (Lipinski definition) is 3. The Labute approximate surface area is 271 Å². The van der Waals surface area contributed by atoms with Gasteiger partial charge < -0.3 is 0 Å². The third kappa shape index (κ3) is 3.01. The van der Waals surface area contributed by atoms with E-state index in [2.05, 4.69) is 157 Å². The Hall–Kier alpha value is -6.73. The van der Waals surface area contributed by atoms with Crippen LogP contribution in [0.5, 0.6) is 0 Å². The number of rotatable bonds is 2. The molecule has 0 saturated carbocycles. The van der Waals surface area contributed by atoms with Crippen molar-refractivity contribution < 1.29 is 0 Å². The summed E-state index contributed by atoms with van der Waals surface area (Å²) in [5, 5.41) is 4.72. The SMILES string of the molecule is c1ccc(-n2c(-c3cc4c5c(c3)n3c6cc7ccccc7cc6nc3n5c3nc5cc6ccccc6cc5n43)nc3ccccc32)cc1. The first kappa shape index (κ1) is 24.5. The molecule has 222 valence electrons. The molecule has 0 fully saturated rings. The van der Waals surface area contributed by atoms with Crippen LogP contribution in [0.2, 0.25) is 0 Å². The molecule has 12 aromatic rings. The minimum Gasteiger partial charge on any atom is -0.292 e. The van der Waals surface area contributed by atoms with Crippen molar-refractivity contribution in [1.82, 2.24) is 32.7 Å². The minimum atomic E-state index is 0.851. The van der Waals surface area contributed by atoms with E-state index < -0.39 is 0 Å². The first-order valence-corrected chi connectivity index (χ1v) is 16.1. The summed E-state index contributed by atoms with van der Waals surface area (Å²) in [5.41, 5.74) is 11.4. The zero-order valence-electron chi connectivity index (χ0n) is 25.4. The van der Waals surface area contributed by atoms with E-state index in [-0.39, 0.29) is 0 Å². The molecule has 0 aliphatic rings. The fourth-order valence-electron chi connectivity index (χ4n) is 7.93. The van der Waals surface area contributed by atoms with Gasteiger partial charge in [0.2, 0.25) is 11.6 Å². The second-order valence-corrected chi connectivity index (χ2v) is 12.7. The predicted octanol–water partition coefficient (Wildman–Crippen LogP) is 9.44. The molecule has 5 aromatic heterocycles. The minimum absolute atomic E-state index is 0.851. The Morgan fingerprint density at radius 1 is 0.375 bits per heavy atom. The molecule has 0 aliphatic carbocycles. The summed E-state index contributed by atoms with van der Waals surface area (Å²) >= 11 is 0. The highest BCUT2D eigenvalue weighted by atomic mass is 15.3. The van der Waals surface area contributed by atoms with Gasteiger partial charge in [-0.05, 0) is 82.2 Å². The van der Waals surface area contributed by atoms with Crippen LogP contribution in [0.4, 0.5) is 0 Å². The molecule has 7 nitrogen and oxygen atoms in total. The van der Waals surface area contributed by atoms with Gasteiger partial charge in [-0.1, -0.05) is 78.9 Å². The van der Waals surface area contributed by atoms with Crippen LogP contribution in [-0.2, 0) is 0 Å². The van der Waals surface area contributed by atoms with Crippen LogP contribution in [0.15, 0.2) is 140 Å². The van der Waals surface area contributed by atoms with Crippen LogP contribution in [0.25, 0.3) is 99.8 Å². The average molecular weight is 614 g/mol. The number of imidazole rings is 5. The van der Waals surface area contributed by atoms with E-state index in [1.807, 2.05) is 0 Å². The molecule has 7 heteroatoms. The molecule has 0 saturated heterocycles. The zero-order chi connectivity index (χ0) is 31.1. The molecule has 0 radical (unpaired) electrons. The molecule has 48 heavy (non-hydrogen) atoms. The first-order chi connectivity index (χ1) is 23.8. The Morgan fingerprint density at radius 2 is 0.896 bits per heavy atom. The predicted molar refractivity (Wildman–Crippen MR) is 194 cm³/mol. The van der Waals surface area contributed by atoms with Crippen molar-refractivity contribution >= 4 is 82.8 Å². The third-order valence-corrected chi connectivity index (χ3v) is 10.0. The largest absolute Gasteiger partial charge is 0.292 e. The van der Waals surface area contributed by atoms with E-state index in [0.717, 1.165) is 78.3 Å². The maximum atomic E-state index is 5.28. The van der Waals surface area contributed by atoms with Crippen LogP contribution >= 0.6 is 0 Å². The molecule has 0 aliphatic heterocycles. The molecule has 0 spiro atoms. The highest BCUT2D eigenvalue weighted by molar-refractivity contribution is 6.08. The van der Waals surface area contributed by atoms with Gasteiger partial charge in [0, 0.05) is 11.3 Å². The van der Waals surface area contributed by atoms with Gasteiger partial charge in [0.1, 0.15) is 11.3 Å². The lowest BCUT2D eigenvalue weighted by Gasteiger charge is -2.10. The van der Waals surface area contributed by atoms with Gasteiger partial charge in [-0.3, -0.25) is 13.4 Å². The van der Waals surface area contributed by atoms with Crippen molar-refractivity contribution in [3.8, 4) is 17.1 Å². The number of para-hydroxylation sites is 3. The molecule has 0 amide bonds. The summed E-state index contributed by atoms with van der Waals surface area (Å²) in [4.78, 5) is 15.8. The highest BCUT2D eigenvalue weighted by Crippen LogP contribution is 2.39. The lowest BCUT2D eigenvalue weighted by atomic mass is 10.1. The van der Waals surface area contributed by atoms with Crippen molar-refractivity contribution in [3.05, 3.63) is 140 Å². The second-order valence-electron chi connectivity index (χ2n) is 12.7. The summed E-state index contributed by atoms with van der Waals surface area (Å²) in [7, 11) is 0. The standard InChI is InChI=1S/C41H23N7/c1-2-14-29(15-3-1)45-33-17-9-8-16-30(33)42-39(45)28-22-36-38-37(23-28)47-35-21-27-13-7-5-11-25(27)19-32(35)44-41(47)48(38)40-43-31-18-24-10-4-6-12-26(24)20-34(31)46(36)40/h1-23H. The number of nitrogens with zero attached hydrogens (tertiary/aromatic N) is 7. The summed E-state index contributed by atoms with van der Waals surface area (Å²) < 4.78 is 9.12. The monoisotopic (exact) mass is 613 g/mol. The molecule has 5 heterocycles. The molecule has 7 aromatic carbocycles. The Morgan fingerprint density at radius 3 is 1.50 bits per heavy atom. The molecule has 0 bridgehead atoms. The topological polar surface area (TPSA) is 56.8 Å². The lowest BCUT2D eigenvalue weighted by Crippen LogP contribution is -1.98. The molecule has 0 N–H and O–H groups in total. The summed E-state index contributed by atoms with van der Waals surface area (Å²) in [5.74, 6) is 2.59. The van der Waals surface area contributed by atoms with Gasteiger partial charge in [0.05, 0.1) is 44.1 Å². The number of benzene rings is 7. The number of hydrogen-bond donors (Lipinski definition) is 0. The summed E-state index contributed by atoms with van der Waals surface area (Å²) in [6.07, 6.45) is 0. The lowest BCUT2D eigenvalue weighted by molar-refractivity contribution is 1.10. The Bertz CT molecular complexity index is 3130. The van der Waals surface area contributed by atoms with Crippen LogP contribution in [0.1, 0.15) is 0 Å². The molecule has 12 rings (SSSR count). The van der Waals surface area contributed by atoms with Crippen LogP contribution in [0, 0.1) is 0 Å². The number of fused-ring (bicyclic) bond motifs is 13. The van der Waals surface area contributed by atoms with Crippen molar-refractivity contribution in [1.29, 1.82) is 0 Å². The van der Waals surface area contributed by atoms with Gasteiger partial charge >= 0.3 is 0 Å². The third-order valence-electron chi connectivity index (χ3n) is 10.0. The average Bonchev–Trinajstić information content (AvgIpc) is 3.92. The van der Waals surface area contributed by atoms with Gasteiger partial charge in [-0.25, -0.2) is 19.4 Å². The maximum absolute atomic E-state index is 5.28. The van der Waals surface area contributed by atoms with Crippen LogP contribution in [-0.4, -0.2) is 32.7 Å². The van der Waals surface area contributed by atoms with Crippen molar-refractivity contribution in [3.63, 3.8) is 0 Å². The fraction of sp³-hybridized carbons (Fsp3) is 0. The maximum Gasteiger partial charge on any atom is 0.223 e. The van der Waals surface area contributed by atoms with Crippen molar-refractivity contribution in [2.75, 3.05) is 0 Å². The zero-order valence-corrected chi connectivity index (χ0v) is 25.4. The quantitative estimate of drug-likeness (QED) is 0.195. The smallest absolute Gasteiger partial charge is 0.223 e. The van der Waals surface area contributed by atoms with E-state index in [9.17, 15) is 0 Å². The van der Waals surface area contributed by atoms with Gasteiger partial charge in [0.15, 0.2) is 0 Å². The molecular weight excluding hydrogens is 591 g/mol. The fourth-order valence-corrected chi connectivity index (χ4v) is 7.93. The van der Waals surface area contributed by atoms with E-state index in [1.165, 1.54) is 21.5 Å². The molecular formula is C41H23N7. The van der Waals surface area contributed by atoms with E-state index in [0.29, 0.717) is 0 Å². The van der Waals surface area contributed by atoms with Crippen LogP contribution < -0.4 is 0 Å². The molecule has 0 atom stereocenters. The normalized spacial score (nSPS) is 12.6. The van der Waals surface area contributed by atoms with E-state index >= 15 is 0 Å². The molecule has 0 unspecified atom stereocenters. The summed E-state index contributed by atoms with van der Waals surface area (Å²) in [6, 6.07) is 49.3. The van der Waals surface area contributed by atoms with E-state index in [1.54, 1.807) is 0 Å². The van der Waals surface area contributed by atoms with Crippen molar-refractivity contribution in [2.24, 2.45) is 0 Å². The van der Waals surface area contributed by atoms with Gasteiger partial charge in [-0.15, -0.1) is 0 Å². The van der Waals surface area contributed by atoms with Gasteiger partial charge in [-0.2, -0.15) is 0 Å². The first-order valence-electron chi connectivity index (χ1n) is 16.1. The summed E-state index contributed by atoms with van der Waals surface area (Å²) in [6.45, 7) is 0. The highest BCUT2D eigenvalue weighted by Gasteiger charge is 2.26. The number of aromatic nitrogens is 7. The Balaban J connectivity index is 1.30. The van der Waals surface area contributed by atoms with Gasteiger partial charge in [0.25, 0.3) is 0 Å². The van der Waals surface area contributed by atoms with Crippen molar-refractivity contribution in [2.45, 2.75) is 0 Å². The van der Waals surface area contributed by atoms with E-state index in [4.69, 9.17) is 15.0 Å². The van der Waals surface area contributed by atoms with Crippen LogP contribution in [0.3, 0.4) is 0 Å². The second kappa shape index (κ2) is 8.54.